The summed E-state index contributed by atoms with van der Waals surface area (Å²) in [7, 11) is 0. The monoisotopic (exact) mass is 390 g/mol. The summed E-state index contributed by atoms with van der Waals surface area (Å²) in [5, 5.41) is 9.85. The van der Waals surface area contributed by atoms with E-state index in [2.05, 4.69) is 22.6 Å². The number of hydrogen-bond acceptors (Lipinski definition) is 3. The van der Waals surface area contributed by atoms with Crippen molar-refractivity contribution in [2.24, 2.45) is 5.73 Å². The van der Waals surface area contributed by atoms with Crippen LogP contribution in [-0.4, -0.2) is 33.5 Å². The van der Waals surface area contributed by atoms with Crippen LogP contribution in [0.15, 0.2) is 18.2 Å². The summed E-state index contributed by atoms with van der Waals surface area (Å²) in [6.07, 6.45) is 2.76. The minimum atomic E-state index is -0.200. The number of phenolic OH excluding ortho intramolecular Hbond substituents is 1. The predicted octanol–water partition coefficient (Wildman–Crippen LogP) is 2.28. The van der Waals surface area contributed by atoms with Crippen molar-refractivity contribution in [1.29, 1.82) is 0 Å². The zero-order valence-corrected chi connectivity index (χ0v) is 13.3. The molecular weight excluding hydrogens is 375 g/mol. The van der Waals surface area contributed by atoms with E-state index in [9.17, 15) is 9.90 Å². The first-order valence-corrected chi connectivity index (χ1v) is 7.58. The van der Waals surface area contributed by atoms with Crippen LogP contribution < -0.4 is 5.73 Å². The average molecular weight is 390 g/mol. The predicted molar refractivity (Wildman–Crippen MR) is 86.3 cm³/mol. The molecular formula is C13H15IN2O2S. The van der Waals surface area contributed by atoms with Crippen LogP contribution in [0.4, 0.5) is 0 Å². The van der Waals surface area contributed by atoms with E-state index in [0.29, 0.717) is 17.1 Å². The summed E-state index contributed by atoms with van der Waals surface area (Å²) >= 11 is 7.15. The summed E-state index contributed by atoms with van der Waals surface area (Å²) in [6, 6.07) is 4.78. The molecule has 1 aliphatic rings. The van der Waals surface area contributed by atoms with Crippen molar-refractivity contribution in [1.82, 2.24) is 4.90 Å². The molecule has 102 valence electrons. The summed E-state index contributed by atoms with van der Waals surface area (Å²) in [6.45, 7) is 0.631. The molecule has 1 unspecified atom stereocenters. The molecule has 0 bridgehead atoms. The van der Waals surface area contributed by atoms with E-state index in [0.717, 1.165) is 22.8 Å². The number of benzene rings is 1. The number of thiocarbonyl (C=S) groups is 1. The minimum absolute atomic E-state index is 0.00215. The molecule has 0 aromatic heterocycles. The number of likely N-dealkylation sites (tertiary alicyclic amines) is 1. The SMILES string of the molecule is NC(=S)C1CCCCN1C(=O)c1cc(I)ccc1O. The van der Waals surface area contributed by atoms with Crippen molar-refractivity contribution in [2.75, 3.05) is 6.54 Å². The van der Waals surface area contributed by atoms with Gasteiger partial charge in [-0.3, -0.25) is 4.79 Å². The van der Waals surface area contributed by atoms with Crippen LogP contribution in [0.25, 0.3) is 0 Å². The van der Waals surface area contributed by atoms with Crippen molar-refractivity contribution >= 4 is 45.7 Å². The maximum Gasteiger partial charge on any atom is 0.258 e. The van der Waals surface area contributed by atoms with E-state index in [4.69, 9.17) is 18.0 Å². The second kappa shape index (κ2) is 6.04. The average Bonchev–Trinajstić information content (AvgIpc) is 2.40. The van der Waals surface area contributed by atoms with E-state index in [1.807, 2.05) is 0 Å². The molecule has 0 spiro atoms. The number of hydrogen-bond donors (Lipinski definition) is 2. The first kappa shape index (κ1) is 14.5. The third-order valence-corrected chi connectivity index (χ3v) is 4.22. The smallest absolute Gasteiger partial charge is 0.258 e. The van der Waals surface area contributed by atoms with Crippen LogP contribution in [0.1, 0.15) is 29.6 Å². The zero-order chi connectivity index (χ0) is 14.0. The highest BCUT2D eigenvalue weighted by Gasteiger charge is 2.30. The Morgan fingerprint density at radius 3 is 2.89 bits per heavy atom. The first-order valence-electron chi connectivity index (χ1n) is 6.09. The summed E-state index contributed by atoms with van der Waals surface area (Å²) < 4.78 is 0.905. The zero-order valence-electron chi connectivity index (χ0n) is 10.3. The molecule has 0 radical (unpaired) electrons. The van der Waals surface area contributed by atoms with Gasteiger partial charge in [0.2, 0.25) is 0 Å². The number of nitrogens with two attached hydrogens (primary N) is 1. The van der Waals surface area contributed by atoms with Gasteiger partial charge in [0.25, 0.3) is 5.91 Å². The van der Waals surface area contributed by atoms with Crippen molar-refractivity contribution in [3.63, 3.8) is 0 Å². The Bertz CT molecular complexity index is 521. The number of carbonyl (C=O) groups is 1. The molecule has 1 aliphatic heterocycles. The number of phenols is 1. The number of carbonyl (C=O) groups excluding carboxylic acids is 1. The van der Waals surface area contributed by atoms with Gasteiger partial charge >= 0.3 is 0 Å². The van der Waals surface area contributed by atoms with Crippen LogP contribution >= 0.6 is 34.8 Å². The van der Waals surface area contributed by atoms with Gasteiger partial charge in [-0.25, -0.2) is 0 Å². The van der Waals surface area contributed by atoms with Crippen LogP contribution in [0.2, 0.25) is 0 Å². The van der Waals surface area contributed by atoms with Crippen molar-refractivity contribution in [2.45, 2.75) is 25.3 Å². The maximum atomic E-state index is 12.5. The Morgan fingerprint density at radius 1 is 1.47 bits per heavy atom. The van der Waals surface area contributed by atoms with Crippen LogP contribution in [-0.2, 0) is 0 Å². The maximum absolute atomic E-state index is 12.5. The van der Waals surface area contributed by atoms with Crippen LogP contribution in [0.3, 0.4) is 0 Å². The first-order chi connectivity index (χ1) is 9.00. The quantitative estimate of drug-likeness (QED) is 0.601. The van der Waals surface area contributed by atoms with Gasteiger partial charge in [0.15, 0.2) is 0 Å². The van der Waals surface area contributed by atoms with Gasteiger partial charge in [0.1, 0.15) is 5.75 Å². The number of piperidine rings is 1. The molecule has 19 heavy (non-hydrogen) atoms. The molecule has 2 rings (SSSR count). The topological polar surface area (TPSA) is 66.6 Å². The van der Waals surface area contributed by atoms with Gasteiger partial charge < -0.3 is 15.7 Å². The highest BCUT2D eigenvalue weighted by Crippen LogP contribution is 2.25. The summed E-state index contributed by atoms with van der Waals surface area (Å²) in [5.74, 6) is -0.203. The Balaban J connectivity index is 2.31. The second-order valence-corrected chi connectivity index (χ2v) is 6.29. The Kier molecular flexibility index (Phi) is 4.62. The molecule has 0 saturated carbocycles. The van der Waals surface area contributed by atoms with Gasteiger partial charge in [-0.2, -0.15) is 0 Å². The number of rotatable bonds is 2. The number of aromatic hydroxyl groups is 1. The fraction of sp³-hybridized carbons (Fsp3) is 0.385. The van der Waals surface area contributed by atoms with E-state index < -0.39 is 0 Å². The normalized spacial score (nSPS) is 19.2. The molecule has 1 amide bonds. The molecule has 0 aliphatic carbocycles. The van der Waals surface area contributed by atoms with Crippen molar-refractivity contribution in [3.05, 3.63) is 27.3 Å². The molecule has 6 heteroatoms. The van der Waals surface area contributed by atoms with Gasteiger partial charge in [-0.15, -0.1) is 0 Å². The molecule has 1 fully saturated rings. The van der Waals surface area contributed by atoms with E-state index in [1.54, 1.807) is 17.0 Å². The lowest BCUT2D eigenvalue weighted by molar-refractivity contribution is 0.0678. The number of nitrogens with zero attached hydrogens (tertiary/aromatic N) is 1. The summed E-state index contributed by atoms with van der Waals surface area (Å²) in [4.78, 5) is 14.6. The van der Waals surface area contributed by atoms with Gasteiger partial charge in [-0.05, 0) is 60.1 Å². The fourth-order valence-corrected chi connectivity index (χ4v) is 3.04. The van der Waals surface area contributed by atoms with Crippen molar-refractivity contribution in [3.8, 4) is 5.75 Å². The third kappa shape index (κ3) is 3.17. The molecule has 1 saturated heterocycles. The Morgan fingerprint density at radius 2 is 2.21 bits per heavy atom. The third-order valence-electron chi connectivity index (χ3n) is 3.28. The lowest BCUT2D eigenvalue weighted by Gasteiger charge is -2.35. The number of amides is 1. The number of halogens is 1. The summed E-state index contributed by atoms with van der Waals surface area (Å²) in [5.41, 5.74) is 6.03. The minimum Gasteiger partial charge on any atom is -0.507 e. The molecule has 1 heterocycles. The molecule has 1 atom stereocenters. The van der Waals surface area contributed by atoms with Gasteiger partial charge in [0, 0.05) is 10.1 Å². The largest absolute Gasteiger partial charge is 0.507 e. The Hall–Kier alpha value is -0.890. The highest BCUT2D eigenvalue weighted by atomic mass is 127. The molecule has 3 N–H and O–H groups in total. The van der Waals surface area contributed by atoms with E-state index >= 15 is 0 Å². The molecule has 4 nitrogen and oxygen atoms in total. The van der Waals surface area contributed by atoms with Gasteiger partial charge in [-0.1, -0.05) is 12.2 Å². The fourth-order valence-electron chi connectivity index (χ4n) is 2.30. The van der Waals surface area contributed by atoms with E-state index in [-0.39, 0.29) is 17.7 Å². The van der Waals surface area contributed by atoms with Crippen molar-refractivity contribution < 1.29 is 9.90 Å². The standard InChI is InChI=1S/C13H15IN2O2S/c14-8-4-5-11(17)9(7-8)13(18)16-6-2-1-3-10(16)12(15)19/h4-5,7,10,17H,1-3,6H2,(H2,15,19). The molecule has 1 aromatic carbocycles. The van der Waals surface area contributed by atoms with Crippen LogP contribution in [0.5, 0.6) is 5.75 Å². The highest BCUT2D eigenvalue weighted by molar-refractivity contribution is 14.1. The Labute approximate surface area is 131 Å². The van der Waals surface area contributed by atoms with Gasteiger partial charge in [0.05, 0.1) is 16.6 Å². The lowest BCUT2D eigenvalue weighted by atomic mass is 10.0. The van der Waals surface area contributed by atoms with E-state index in [1.165, 1.54) is 6.07 Å². The second-order valence-electron chi connectivity index (χ2n) is 4.57. The lowest BCUT2D eigenvalue weighted by Crippen LogP contribution is -2.49. The van der Waals surface area contributed by atoms with Crippen LogP contribution in [0, 0.1) is 3.57 Å². The molecule has 1 aromatic rings.